The number of carbonyl (C=O) groups is 1. The molecule has 0 spiro atoms. The zero-order valence-electron chi connectivity index (χ0n) is 12.3. The number of nitrogens with zero attached hydrogens (tertiary/aromatic N) is 1. The highest BCUT2D eigenvalue weighted by Crippen LogP contribution is 2.55. The van der Waals surface area contributed by atoms with Crippen LogP contribution in [0.25, 0.3) is 0 Å². The molecule has 21 heavy (non-hydrogen) atoms. The highest BCUT2D eigenvalue weighted by atomic mass is 16.2. The van der Waals surface area contributed by atoms with Crippen LogP contribution in [0.15, 0.2) is 48.5 Å². The van der Waals surface area contributed by atoms with Crippen molar-refractivity contribution in [3.05, 3.63) is 65.2 Å². The predicted octanol–water partition coefficient (Wildman–Crippen LogP) is 3.87. The molecule has 1 aliphatic carbocycles. The Morgan fingerprint density at radius 3 is 2.57 bits per heavy atom. The van der Waals surface area contributed by atoms with E-state index in [1.54, 1.807) is 6.92 Å². The maximum atomic E-state index is 11.6. The molecule has 2 heteroatoms. The van der Waals surface area contributed by atoms with Crippen LogP contribution in [0.3, 0.4) is 0 Å². The average molecular weight is 277 g/mol. The second-order valence-electron chi connectivity index (χ2n) is 6.17. The first-order chi connectivity index (χ1) is 10.2. The van der Waals surface area contributed by atoms with Gasteiger partial charge in [0, 0.05) is 19.2 Å². The second-order valence-corrected chi connectivity index (χ2v) is 6.17. The van der Waals surface area contributed by atoms with Gasteiger partial charge in [-0.15, -0.1) is 0 Å². The van der Waals surface area contributed by atoms with Crippen molar-refractivity contribution in [3.63, 3.8) is 0 Å². The molecule has 0 aromatic heterocycles. The van der Waals surface area contributed by atoms with Crippen molar-refractivity contribution in [2.24, 2.45) is 0 Å². The largest absolute Gasteiger partial charge is 0.312 e. The Morgan fingerprint density at radius 2 is 1.81 bits per heavy atom. The van der Waals surface area contributed by atoms with Crippen molar-refractivity contribution in [2.75, 3.05) is 11.4 Å². The van der Waals surface area contributed by atoms with Crippen LogP contribution in [-0.2, 0) is 11.2 Å². The zero-order valence-corrected chi connectivity index (χ0v) is 12.3. The molecule has 2 aromatic carbocycles. The van der Waals surface area contributed by atoms with Gasteiger partial charge in [-0.05, 0) is 47.4 Å². The summed E-state index contributed by atoms with van der Waals surface area (Å²) in [6.45, 7) is 2.48. The summed E-state index contributed by atoms with van der Waals surface area (Å²) in [5, 5.41) is 0. The lowest BCUT2D eigenvalue weighted by Crippen LogP contribution is -2.25. The Kier molecular flexibility index (Phi) is 2.85. The minimum absolute atomic E-state index is 0.148. The van der Waals surface area contributed by atoms with Crippen molar-refractivity contribution in [1.82, 2.24) is 0 Å². The molecule has 0 bridgehead atoms. The Morgan fingerprint density at radius 1 is 1.05 bits per heavy atom. The van der Waals surface area contributed by atoms with Gasteiger partial charge in [0.15, 0.2) is 0 Å². The van der Waals surface area contributed by atoms with E-state index in [1.165, 1.54) is 23.1 Å². The number of rotatable bonds is 2. The standard InChI is InChI=1S/C19H19NO/c1-13(21)20-10-9-16-11-15(7-8-19(16)20)18-12-17(18)14-5-3-2-4-6-14/h2-8,11,17-18H,9-10,12H2,1H3/t17-,18-/m0/s1. The molecule has 2 atom stereocenters. The van der Waals surface area contributed by atoms with Crippen LogP contribution >= 0.6 is 0 Å². The van der Waals surface area contributed by atoms with Crippen LogP contribution in [0, 0.1) is 0 Å². The smallest absolute Gasteiger partial charge is 0.223 e. The van der Waals surface area contributed by atoms with Crippen LogP contribution in [0.5, 0.6) is 0 Å². The predicted molar refractivity (Wildman–Crippen MR) is 84.7 cm³/mol. The molecular formula is C19H19NO. The maximum Gasteiger partial charge on any atom is 0.223 e. The fourth-order valence-electron chi connectivity index (χ4n) is 3.61. The van der Waals surface area contributed by atoms with E-state index in [0.29, 0.717) is 11.8 Å². The van der Waals surface area contributed by atoms with Gasteiger partial charge in [-0.3, -0.25) is 4.79 Å². The van der Waals surface area contributed by atoms with Gasteiger partial charge in [-0.2, -0.15) is 0 Å². The lowest BCUT2D eigenvalue weighted by atomic mass is 10.0. The number of hydrogen-bond acceptors (Lipinski definition) is 1. The summed E-state index contributed by atoms with van der Waals surface area (Å²) in [4.78, 5) is 13.5. The fraction of sp³-hybridized carbons (Fsp3) is 0.316. The van der Waals surface area contributed by atoms with Crippen molar-refractivity contribution in [3.8, 4) is 0 Å². The van der Waals surface area contributed by atoms with Gasteiger partial charge < -0.3 is 4.90 Å². The maximum absolute atomic E-state index is 11.6. The molecule has 1 heterocycles. The first-order valence-corrected chi connectivity index (χ1v) is 7.70. The number of hydrogen-bond donors (Lipinski definition) is 0. The van der Waals surface area contributed by atoms with Gasteiger partial charge in [0.25, 0.3) is 0 Å². The van der Waals surface area contributed by atoms with Gasteiger partial charge in [0.1, 0.15) is 0 Å². The highest BCUT2D eigenvalue weighted by molar-refractivity contribution is 5.93. The first kappa shape index (κ1) is 12.6. The van der Waals surface area contributed by atoms with Crippen molar-refractivity contribution in [1.29, 1.82) is 0 Å². The van der Waals surface area contributed by atoms with E-state index in [9.17, 15) is 4.79 Å². The van der Waals surface area contributed by atoms with Crippen LogP contribution in [0.2, 0.25) is 0 Å². The third-order valence-corrected chi connectivity index (χ3v) is 4.83. The minimum Gasteiger partial charge on any atom is -0.312 e. The van der Waals surface area contributed by atoms with Crippen molar-refractivity contribution < 1.29 is 4.79 Å². The number of anilines is 1. The lowest BCUT2D eigenvalue weighted by Gasteiger charge is -2.14. The van der Waals surface area contributed by atoms with Crippen LogP contribution in [0.1, 0.15) is 41.9 Å². The lowest BCUT2D eigenvalue weighted by molar-refractivity contribution is -0.116. The molecule has 0 saturated heterocycles. The molecule has 1 aliphatic heterocycles. The third kappa shape index (κ3) is 2.15. The molecule has 2 nitrogen and oxygen atoms in total. The Labute approximate surface area is 125 Å². The Hall–Kier alpha value is -2.09. The van der Waals surface area contributed by atoms with Gasteiger partial charge in [-0.25, -0.2) is 0 Å². The zero-order chi connectivity index (χ0) is 14.4. The highest BCUT2D eigenvalue weighted by Gasteiger charge is 2.39. The summed E-state index contributed by atoms with van der Waals surface area (Å²) >= 11 is 0. The summed E-state index contributed by atoms with van der Waals surface area (Å²) < 4.78 is 0. The van der Waals surface area contributed by atoms with Gasteiger partial charge in [0.05, 0.1) is 0 Å². The van der Waals surface area contributed by atoms with Gasteiger partial charge in [0.2, 0.25) is 5.91 Å². The molecule has 4 rings (SSSR count). The summed E-state index contributed by atoms with van der Waals surface area (Å²) in [6.07, 6.45) is 2.24. The number of fused-ring (bicyclic) bond motifs is 1. The molecular weight excluding hydrogens is 258 g/mol. The van der Waals surface area contributed by atoms with Crippen LogP contribution in [0.4, 0.5) is 5.69 Å². The van der Waals surface area contributed by atoms with Gasteiger partial charge in [-0.1, -0.05) is 42.5 Å². The van der Waals surface area contributed by atoms with E-state index in [4.69, 9.17) is 0 Å². The Bertz CT molecular complexity index is 692. The molecule has 106 valence electrons. The van der Waals surface area contributed by atoms with Crippen molar-refractivity contribution in [2.45, 2.75) is 31.6 Å². The third-order valence-electron chi connectivity index (χ3n) is 4.83. The minimum atomic E-state index is 0.148. The van der Waals surface area contributed by atoms with E-state index in [1.807, 2.05) is 4.90 Å². The quantitative estimate of drug-likeness (QED) is 0.816. The number of amides is 1. The molecule has 0 N–H and O–H groups in total. The molecule has 1 saturated carbocycles. The topological polar surface area (TPSA) is 20.3 Å². The average Bonchev–Trinajstić information content (AvgIpc) is 3.19. The molecule has 2 aliphatic rings. The summed E-state index contributed by atoms with van der Waals surface area (Å²) in [6, 6.07) is 17.5. The SMILES string of the molecule is CC(=O)N1CCc2cc([C@@H]3C[C@H]3c3ccccc3)ccc21. The second kappa shape index (κ2) is 4.73. The Balaban J connectivity index is 1.58. The number of benzene rings is 2. The molecule has 2 aromatic rings. The summed E-state index contributed by atoms with van der Waals surface area (Å²) in [5.74, 6) is 1.48. The molecule has 1 fully saturated rings. The summed E-state index contributed by atoms with van der Waals surface area (Å²) in [7, 11) is 0. The van der Waals surface area contributed by atoms with Crippen LogP contribution in [-0.4, -0.2) is 12.5 Å². The monoisotopic (exact) mass is 277 g/mol. The van der Waals surface area contributed by atoms with E-state index in [-0.39, 0.29) is 5.91 Å². The first-order valence-electron chi connectivity index (χ1n) is 7.70. The molecule has 1 amide bonds. The molecule has 0 unspecified atom stereocenters. The van der Waals surface area contributed by atoms with E-state index in [0.717, 1.165) is 18.7 Å². The van der Waals surface area contributed by atoms with Crippen molar-refractivity contribution >= 4 is 11.6 Å². The van der Waals surface area contributed by atoms with E-state index >= 15 is 0 Å². The van der Waals surface area contributed by atoms with E-state index < -0.39 is 0 Å². The van der Waals surface area contributed by atoms with E-state index in [2.05, 4.69) is 48.5 Å². The molecule has 0 radical (unpaired) electrons. The van der Waals surface area contributed by atoms with Gasteiger partial charge >= 0.3 is 0 Å². The normalized spacial score (nSPS) is 23.0. The summed E-state index contributed by atoms with van der Waals surface area (Å²) in [5.41, 5.74) is 5.34. The number of carbonyl (C=O) groups excluding carboxylic acids is 1. The fourth-order valence-corrected chi connectivity index (χ4v) is 3.61. The van der Waals surface area contributed by atoms with Crippen LogP contribution < -0.4 is 4.90 Å².